The van der Waals surface area contributed by atoms with E-state index in [1.807, 2.05) is 0 Å². The van der Waals surface area contributed by atoms with Crippen LogP contribution in [0.15, 0.2) is 18.2 Å². The molecule has 0 spiro atoms. The van der Waals surface area contributed by atoms with Gasteiger partial charge in [-0.3, -0.25) is 10.1 Å². The van der Waals surface area contributed by atoms with E-state index in [9.17, 15) is 10.1 Å². The summed E-state index contributed by atoms with van der Waals surface area (Å²) in [7, 11) is 0. The zero-order valence-corrected chi connectivity index (χ0v) is 10.2. The molecule has 0 aliphatic heterocycles. The van der Waals surface area contributed by atoms with Crippen molar-refractivity contribution in [1.82, 2.24) is 5.32 Å². The maximum Gasteiger partial charge on any atom is 0.273 e. The fourth-order valence-electron chi connectivity index (χ4n) is 1.81. The van der Waals surface area contributed by atoms with Crippen LogP contribution in [-0.4, -0.2) is 11.5 Å². The first kappa shape index (κ1) is 12.3. The predicted molar refractivity (Wildman–Crippen MR) is 67.2 cm³/mol. The Morgan fingerprint density at radius 1 is 1.47 bits per heavy atom. The molecular weight excluding hydrogens is 240 g/mol. The summed E-state index contributed by atoms with van der Waals surface area (Å²) in [5.74, 6) is 0.872. The number of rotatable bonds is 6. The highest BCUT2D eigenvalue weighted by Crippen LogP contribution is 2.31. The second kappa shape index (κ2) is 5.47. The third kappa shape index (κ3) is 3.68. The van der Waals surface area contributed by atoms with Crippen LogP contribution >= 0.6 is 11.6 Å². The molecule has 1 aromatic carbocycles. The third-order valence-electron chi connectivity index (χ3n) is 2.98. The number of nitrogens with zero attached hydrogens (tertiary/aromatic N) is 1. The van der Waals surface area contributed by atoms with Crippen molar-refractivity contribution in [3.8, 4) is 0 Å². The first-order valence-corrected chi connectivity index (χ1v) is 6.18. The first-order valence-electron chi connectivity index (χ1n) is 5.80. The van der Waals surface area contributed by atoms with E-state index in [2.05, 4.69) is 5.32 Å². The van der Waals surface area contributed by atoms with Crippen LogP contribution in [0.3, 0.4) is 0 Å². The molecule has 1 aromatic rings. The fourth-order valence-corrected chi connectivity index (χ4v) is 2.00. The Balaban J connectivity index is 1.92. The molecule has 1 saturated carbocycles. The van der Waals surface area contributed by atoms with Gasteiger partial charge in [-0.05, 0) is 31.0 Å². The van der Waals surface area contributed by atoms with Crippen LogP contribution in [0.2, 0.25) is 5.02 Å². The van der Waals surface area contributed by atoms with Crippen molar-refractivity contribution in [2.75, 3.05) is 6.54 Å². The second-order valence-electron chi connectivity index (χ2n) is 4.44. The molecule has 0 bridgehead atoms. The number of halogens is 1. The Morgan fingerprint density at radius 3 is 2.88 bits per heavy atom. The van der Waals surface area contributed by atoms with Gasteiger partial charge in [-0.2, -0.15) is 0 Å². The Labute approximate surface area is 105 Å². The van der Waals surface area contributed by atoms with Gasteiger partial charge in [0.05, 0.1) is 4.92 Å². The van der Waals surface area contributed by atoms with Gasteiger partial charge >= 0.3 is 0 Å². The summed E-state index contributed by atoms with van der Waals surface area (Å²) in [5, 5.41) is 14.6. The molecule has 0 radical (unpaired) electrons. The van der Waals surface area contributed by atoms with Crippen molar-refractivity contribution in [2.24, 2.45) is 5.92 Å². The lowest BCUT2D eigenvalue weighted by atomic mass is 10.2. The third-order valence-corrected chi connectivity index (χ3v) is 3.22. The van der Waals surface area contributed by atoms with Crippen LogP contribution in [0, 0.1) is 16.0 Å². The van der Waals surface area contributed by atoms with Gasteiger partial charge < -0.3 is 5.32 Å². The van der Waals surface area contributed by atoms with Crippen LogP contribution in [0.1, 0.15) is 24.8 Å². The van der Waals surface area contributed by atoms with Gasteiger partial charge in [0.1, 0.15) is 0 Å². The lowest BCUT2D eigenvalue weighted by Crippen LogP contribution is -2.16. The number of hydrogen-bond acceptors (Lipinski definition) is 3. The molecule has 0 heterocycles. The second-order valence-corrected chi connectivity index (χ2v) is 4.88. The molecule has 0 aromatic heterocycles. The van der Waals surface area contributed by atoms with Gasteiger partial charge in [0, 0.05) is 23.2 Å². The van der Waals surface area contributed by atoms with E-state index < -0.39 is 0 Å². The maximum atomic E-state index is 10.8. The Morgan fingerprint density at radius 2 is 2.24 bits per heavy atom. The minimum absolute atomic E-state index is 0.133. The van der Waals surface area contributed by atoms with Gasteiger partial charge in [0.2, 0.25) is 0 Å². The molecule has 0 unspecified atom stereocenters. The van der Waals surface area contributed by atoms with Crippen molar-refractivity contribution in [3.63, 3.8) is 0 Å². The topological polar surface area (TPSA) is 55.2 Å². The number of nitro benzene ring substituents is 1. The standard InChI is InChI=1S/C12H15ClN2O2/c13-11-3-4-12(15(16)17)10(7-11)8-14-6-5-9-1-2-9/h3-4,7,9,14H,1-2,5-6,8H2. The lowest BCUT2D eigenvalue weighted by molar-refractivity contribution is -0.385. The van der Waals surface area contributed by atoms with E-state index >= 15 is 0 Å². The molecule has 1 aliphatic carbocycles. The van der Waals surface area contributed by atoms with E-state index in [-0.39, 0.29) is 10.6 Å². The summed E-state index contributed by atoms with van der Waals surface area (Å²) in [6.45, 7) is 1.41. The average Bonchev–Trinajstić information content (AvgIpc) is 3.08. The molecular formula is C12H15ClN2O2. The van der Waals surface area contributed by atoms with Crippen molar-refractivity contribution in [3.05, 3.63) is 38.9 Å². The smallest absolute Gasteiger partial charge is 0.273 e. The summed E-state index contributed by atoms with van der Waals surface area (Å²) in [6.07, 6.45) is 3.83. The lowest BCUT2D eigenvalue weighted by Gasteiger charge is -2.05. The Hall–Kier alpha value is -1.13. The number of nitrogens with one attached hydrogen (secondary N) is 1. The molecule has 5 heteroatoms. The van der Waals surface area contributed by atoms with E-state index in [0.29, 0.717) is 17.1 Å². The molecule has 1 aliphatic rings. The number of benzene rings is 1. The summed E-state index contributed by atoms with van der Waals surface area (Å²) in [4.78, 5) is 10.5. The molecule has 1 fully saturated rings. The Bertz CT molecular complexity index is 419. The van der Waals surface area contributed by atoms with Crippen LogP contribution in [0.4, 0.5) is 5.69 Å². The van der Waals surface area contributed by atoms with Crippen molar-refractivity contribution >= 4 is 17.3 Å². The molecule has 0 amide bonds. The van der Waals surface area contributed by atoms with E-state index in [4.69, 9.17) is 11.6 Å². The predicted octanol–water partition coefficient (Wildman–Crippen LogP) is 3.14. The zero-order valence-electron chi connectivity index (χ0n) is 9.49. The molecule has 1 N–H and O–H groups in total. The first-order chi connectivity index (χ1) is 8.16. The van der Waals surface area contributed by atoms with Gasteiger partial charge in [0.25, 0.3) is 5.69 Å². The van der Waals surface area contributed by atoms with Gasteiger partial charge in [-0.1, -0.05) is 24.4 Å². The van der Waals surface area contributed by atoms with Crippen LogP contribution in [0.25, 0.3) is 0 Å². The number of hydrogen-bond donors (Lipinski definition) is 1. The quantitative estimate of drug-likeness (QED) is 0.482. The van der Waals surface area contributed by atoms with Crippen molar-refractivity contribution in [2.45, 2.75) is 25.8 Å². The summed E-state index contributed by atoms with van der Waals surface area (Å²) in [6, 6.07) is 4.66. The summed E-state index contributed by atoms with van der Waals surface area (Å²) >= 11 is 5.84. The molecule has 17 heavy (non-hydrogen) atoms. The normalized spacial score (nSPS) is 14.9. The van der Waals surface area contributed by atoms with Crippen molar-refractivity contribution < 1.29 is 4.92 Å². The highest BCUT2D eigenvalue weighted by Gasteiger charge is 2.20. The van der Waals surface area contributed by atoms with Crippen LogP contribution in [-0.2, 0) is 6.54 Å². The van der Waals surface area contributed by atoms with E-state index in [0.717, 1.165) is 18.9 Å². The molecule has 92 valence electrons. The fraction of sp³-hybridized carbons (Fsp3) is 0.500. The monoisotopic (exact) mass is 254 g/mol. The summed E-state index contributed by atoms with van der Waals surface area (Å²) in [5.41, 5.74) is 0.784. The summed E-state index contributed by atoms with van der Waals surface area (Å²) < 4.78 is 0. The molecule has 2 rings (SSSR count). The van der Waals surface area contributed by atoms with E-state index in [1.54, 1.807) is 12.1 Å². The highest BCUT2D eigenvalue weighted by atomic mass is 35.5. The van der Waals surface area contributed by atoms with Crippen molar-refractivity contribution in [1.29, 1.82) is 0 Å². The number of nitro groups is 1. The van der Waals surface area contributed by atoms with Gasteiger partial charge in [-0.25, -0.2) is 0 Å². The van der Waals surface area contributed by atoms with E-state index in [1.165, 1.54) is 18.9 Å². The Kier molecular flexibility index (Phi) is 3.97. The largest absolute Gasteiger partial charge is 0.312 e. The minimum Gasteiger partial charge on any atom is -0.312 e. The van der Waals surface area contributed by atoms with Crippen LogP contribution in [0.5, 0.6) is 0 Å². The molecule has 0 saturated heterocycles. The highest BCUT2D eigenvalue weighted by molar-refractivity contribution is 6.30. The molecule has 0 atom stereocenters. The average molecular weight is 255 g/mol. The SMILES string of the molecule is O=[N+]([O-])c1ccc(Cl)cc1CNCCC1CC1. The van der Waals surface area contributed by atoms with Gasteiger partial charge in [0.15, 0.2) is 0 Å². The molecule has 4 nitrogen and oxygen atoms in total. The minimum atomic E-state index is -0.367. The zero-order chi connectivity index (χ0) is 12.3. The van der Waals surface area contributed by atoms with Crippen LogP contribution < -0.4 is 5.32 Å². The van der Waals surface area contributed by atoms with Gasteiger partial charge in [-0.15, -0.1) is 0 Å². The maximum absolute atomic E-state index is 10.8.